The Kier molecular flexibility index (Phi) is 7.26. The smallest absolute Gasteiger partial charge is 0.256 e. The minimum Gasteiger partial charge on any atom is -0.361 e. The van der Waals surface area contributed by atoms with Crippen LogP contribution in [0.2, 0.25) is 0 Å². The minimum atomic E-state index is -0.479. The van der Waals surface area contributed by atoms with Gasteiger partial charge in [-0.05, 0) is 39.8 Å². The fraction of sp³-hybridized carbons (Fsp3) is 0.185. The highest BCUT2D eigenvalue weighted by Gasteiger charge is 2.20. The fourth-order valence-corrected chi connectivity index (χ4v) is 4.18. The number of amides is 1. The number of aromatic nitrogens is 7. The molecule has 2 aromatic carbocycles. The van der Waals surface area contributed by atoms with Crippen molar-refractivity contribution in [3.8, 4) is 5.69 Å². The van der Waals surface area contributed by atoms with Gasteiger partial charge in [0.15, 0.2) is 5.82 Å². The predicted molar refractivity (Wildman–Crippen MR) is 142 cm³/mol. The van der Waals surface area contributed by atoms with E-state index in [0.717, 1.165) is 11.1 Å². The molecule has 0 unspecified atom stereocenters. The van der Waals surface area contributed by atoms with Crippen molar-refractivity contribution in [1.29, 1.82) is 0 Å². The van der Waals surface area contributed by atoms with Crippen LogP contribution >= 0.6 is 0 Å². The van der Waals surface area contributed by atoms with Crippen LogP contribution in [0.25, 0.3) is 5.69 Å². The van der Waals surface area contributed by atoms with Crippen LogP contribution in [0.4, 0.5) is 10.2 Å². The van der Waals surface area contributed by atoms with Gasteiger partial charge in [0.2, 0.25) is 0 Å². The van der Waals surface area contributed by atoms with Crippen LogP contribution in [0.5, 0.6) is 0 Å². The lowest BCUT2D eigenvalue weighted by Gasteiger charge is -2.13. The number of tetrazole rings is 1. The molecule has 5 rings (SSSR count). The largest absolute Gasteiger partial charge is 0.361 e. The SMILES string of the molecule is CN(C)c1nn(Cc2ccc(Cn3ccccc3=O)cc2)cc1C(=O)NCc1c(F)cccc1-n1cnnn1. The summed E-state index contributed by atoms with van der Waals surface area (Å²) in [6.45, 7) is 0.856. The Morgan fingerprint density at radius 1 is 1.00 bits per heavy atom. The minimum absolute atomic E-state index is 0.0539. The molecular formula is C27H26FN9O2. The molecule has 1 amide bonds. The third kappa shape index (κ3) is 5.74. The van der Waals surface area contributed by atoms with Gasteiger partial charge in [0.25, 0.3) is 11.5 Å². The molecule has 0 aliphatic rings. The van der Waals surface area contributed by atoms with E-state index in [4.69, 9.17) is 0 Å². The summed E-state index contributed by atoms with van der Waals surface area (Å²) in [5, 5.41) is 18.4. The standard InChI is InChI=1S/C27H26FN9O2/c1-34(2)26-22(27(39)29-14-21-23(28)6-5-7-24(21)37-18-30-32-33-37)17-36(31-26)16-20-11-9-19(10-12-20)15-35-13-4-3-8-25(35)38/h3-13,17-18H,14-16H2,1-2H3,(H,29,39). The molecule has 1 N–H and O–H groups in total. The maximum atomic E-state index is 14.6. The summed E-state index contributed by atoms with van der Waals surface area (Å²) in [5.74, 6) is -0.381. The molecule has 5 aromatic rings. The first kappa shape index (κ1) is 25.5. The van der Waals surface area contributed by atoms with Crippen LogP contribution < -0.4 is 15.8 Å². The molecule has 3 aromatic heterocycles. The molecule has 39 heavy (non-hydrogen) atoms. The van der Waals surface area contributed by atoms with Gasteiger partial charge in [-0.15, -0.1) is 5.10 Å². The summed E-state index contributed by atoms with van der Waals surface area (Å²) in [6, 6.07) is 17.5. The lowest BCUT2D eigenvalue weighted by Crippen LogP contribution is -2.26. The summed E-state index contributed by atoms with van der Waals surface area (Å²) in [7, 11) is 3.60. The number of nitrogens with zero attached hydrogens (tertiary/aromatic N) is 8. The quantitative estimate of drug-likeness (QED) is 0.313. The summed E-state index contributed by atoms with van der Waals surface area (Å²) in [4.78, 5) is 26.9. The van der Waals surface area contributed by atoms with Crippen molar-refractivity contribution in [2.75, 3.05) is 19.0 Å². The second-order valence-corrected chi connectivity index (χ2v) is 9.12. The first-order chi connectivity index (χ1) is 18.9. The molecule has 0 aliphatic heterocycles. The summed E-state index contributed by atoms with van der Waals surface area (Å²) in [6.07, 6.45) is 4.79. The van der Waals surface area contributed by atoms with Gasteiger partial charge < -0.3 is 14.8 Å². The third-order valence-electron chi connectivity index (χ3n) is 6.15. The molecule has 0 fully saturated rings. The maximum Gasteiger partial charge on any atom is 0.256 e. The average Bonchev–Trinajstić information content (AvgIpc) is 3.61. The second kappa shape index (κ2) is 11.1. The van der Waals surface area contributed by atoms with Crippen molar-refractivity contribution in [2.45, 2.75) is 19.6 Å². The monoisotopic (exact) mass is 527 g/mol. The van der Waals surface area contributed by atoms with E-state index in [1.165, 1.54) is 23.1 Å². The Hall–Kier alpha value is -5.13. The lowest BCUT2D eigenvalue weighted by molar-refractivity contribution is 0.0951. The van der Waals surface area contributed by atoms with E-state index in [9.17, 15) is 14.0 Å². The number of nitrogens with one attached hydrogen (secondary N) is 1. The van der Waals surface area contributed by atoms with Crippen LogP contribution in [0, 0.1) is 5.82 Å². The number of hydrogen-bond donors (Lipinski definition) is 1. The van der Waals surface area contributed by atoms with Crippen molar-refractivity contribution >= 4 is 11.7 Å². The Morgan fingerprint density at radius 2 is 1.77 bits per heavy atom. The van der Waals surface area contributed by atoms with Gasteiger partial charge in [0, 0.05) is 44.7 Å². The lowest BCUT2D eigenvalue weighted by atomic mass is 10.1. The number of rotatable bonds is 9. The van der Waals surface area contributed by atoms with Crippen molar-refractivity contribution in [3.63, 3.8) is 0 Å². The molecule has 3 heterocycles. The van der Waals surface area contributed by atoms with Crippen LogP contribution in [-0.4, -0.2) is 54.6 Å². The van der Waals surface area contributed by atoms with Crippen molar-refractivity contribution in [1.82, 2.24) is 39.9 Å². The number of anilines is 1. The van der Waals surface area contributed by atoms with Gasteiger partial charge in [-0.25, -0.2) is 9.07 Å². The number of halogens is 1. The van der Waals surface area contributed by atoms with Gasteiger partial charge in [0.05, 0.1) is 18.8 Å². The van der Waals surface area contributed by atoms with Crippen LogP contribution in [0.3, 0.4) is 0 Å². The van der Waals surface area contributed by atoms with E-state index in [0.29, 0.717) is 30.2 Å². The molecule has 0 atom stereocenters. The molecule has 0 aliphatic carbocycles. The maximum absolute atomic E-state index is 14.6. The Bertz CT molecular complexity index is 1640. The fourth-order valence-electron chi connectivity index (χ4n) is 4.18. The first-order valence-corrected chi connectivity index (χ1v) is 12.2. The normalized spacial score (nSPS) is 10.9. The van der Waals surface area contributed by atoms with E-state index in [-0.39, 0.29) is 23.6 Å². The van der Waals surface area contributed by atoms with Crippen molar-refractivity contribution in [2.24, 2.45) is 0 Å². The highest BCUT2D eigenvalue weighted by Crippen LogP contribution is 2.20. The summed E-state index contributed by atoms with van der Waals surface area (Å²) in [5.41, 5.74) is 2.98. The Balaban J connectivity index is 1.30. The molecule has 198 valence electrons. The molecular weight excluding hydrogens is 501 g/mol. The molecule has 0 saturated carbocycles. The van der Waals surface area contributed by atoms with Gasteiger partial charge in [-0.1, -0.05) is 36.4 Å². The number of benzene rings is 2. The third-order valence-corrected chi connectivity index (χ3v) is 6.15. The van der Waals surface area contributed by atoms with Gasteiger partial charge in [-0.3, -0.25) is 14.3 Å². The van der Waals surface area contributed by atoms with Crippen LogP contribution in [0.15, 0.2) is 84.2 Å². The Labute approximate surface area is 223 Å². The van der Waals surface area contributed by atoms with Gasteiger partial charge >= 0.3 is 0 Å². The zero-order valence-electron chi connectivity index (χ0n) is 21.4. The van der Waals surface area contributed by atoms with E-state index in [1.807, 2.05) is 30.3 Å². The number of hydrogen-bond acceptors (Lipinski definition) is 7. The van der Waals surface area contributed by atoms with E-state index in [2.05, 4.69) is 25.9 Å². The van der Waals surface area contributed by atoms with Crippen molar-refractivity contribution in [3.05, 3.63) is 118 Å². The molecule has 0 bridgehead atoms. The number of pyridine rings is 1. The number of carbonyl (C=O) groups is 1. The molecule has 0 radical (unpaired) electrons. The zero-order valence-corrected chi connectivity index (χ0v) is 21.4. The van der Waals surface area contributed by atoms with Crippen molar-refractivity contribution < 1.29 is 9.18 Å². The summed E-state index contributed by atoms with van der Waals surface area (Å²) < 4.78 is 19.3. The van der Waals surface area contributed by atoms with Crippen LogP contribution in [0.1, 0.15) is 27.0 Å². The zero-order chi connectivity index (χ0) is 27.4. The average molecular weight is 528 g/mol. The highest BCUT2D eigenvalue weighted by atomic mass is 19.1. The summed E-state index contributed by atoms with van der Waals surface area (Å²) >= 11 is 0. The molecule has 11 nitrogen and oxygen atoms in total. The molecule has 0 spiro atoms. The topological polar surface area (TPSA) is 116 Å². The molecule has 0 saturated heterocycles. The first-order valence-electron chi connectivity index (χ1n) is 12.2. The molecule has 12 heteroatoms. The predicted octanol–water partition coefficient (Wildman–Crippen LogP) is 2.25. The van der Waals surface area contributed by atoms with Gasteiger partial charge in [0.1, 0.15) is 17.7 Å². The van der Waals surface area contributed by atoms with E-state index < -0.39 is 5.82 Å². The van der Waals surface area contributed by atoms with Crippen LogP contribution in [-0.2, 0) is 19.6 Å². The Morgan fingerprint density at radius 3 is 2.46 bits per heavy atom. The van der Waals surface area contributed by atoms with E-state index >= 15 is 0 Å². The van der Waals surface area contributed by atoms with Gasteiger partial charge in [-0.2, -0.15) is 5.10 Å². The van der Waals surface area contributed by atoms with E-state index in [1.54, 1.807) is 58.8 Å². The number of carbonyl (C=O) groups excluding carboxylic acids is 1. The highest BCUT2D eigenvalue weighted by molar-refractivity contribution is 5.98. The second-order valence-electron chi connectivity index (χ2n) is 9.12.